The van der Waals surface area contributed by atoms with Gasteiger partial charge in [-0.15, -0.1) is 0 Å². The number of carbonyl (C=O) groups is 3. The molecule has 0 aliphatic heterocycles. The van der Waals surface area contributed by atoms with E-state index in [1.807, 2.05) is 5.32 Å². The minimum Gasteiger partial charge on any atom is -0.493 e. The van der Waals surface area contributed by atoms with Crippen molar-refractivity contribution in [3.63, 3.8) is 0 Å². The Hall–Kier alpha value is -3.47. The van der Waals surface area contributed by atoms with E-state index >= 15 is 0 Å². The van der Waals surface area contributed by atoms with Gasteiger partial charge in [0.15, 0.2) is 24.7 Å². The standard InChI is InChI=1S/C19H16ClF3N2O6/c1-29-14-7-10(6-12(20)17(14)30-8-15(24)26)18(28)31-9-16(27)25-13-5-3-2-4-11(13)19(21,22)23/h2-7H,8-9H2,1H3,(H2,24,26)(H,25,27). The molecule has 0 bridgehead atoms. The molecule has 3 N–H and O–H groups in total. The summed E-state index contributed by atoms with van der Waals surface area (Å²) in [4.78, 5) is 35.0. The van der Waals surface area contributed by atoms with Crippen molar-refractivity contribution in [1.29, 1.82) is 0 Å². The van der Waals surface area contributed by atoms with E-state index in [0.717, 1.165) is 18.2 Å². The third-order valence-electron chi connectivity index (χ3n) is 3.66. The Labute approximate surface area is 179 Å². The van der Waals surface area contributed by atoms with Crippen LogP contribution in [0.3, 0.4) is 0 Å². The molecule has 0 saturated heterocycles. The third-order valence-corrected chi connectivity index (χ3v) is 3.95. The fourth-order valence-corrected chi connectivity index (χ4v) is 2.63. The number of nitrogens with two attached hydrogens (primary N) is 1. The molecular formula is C19H16ClF3N2O6. The van der Waals surface area contributed by atoms with Gasteiger partial charge in [-0.25, -0.2) is 4.79 Å². The number of alkyl halides is 3. The van der Waals surface area contributed by atoms with Crippen LogP contribution in [0.25, 0.3) is 0 Å². The number of rotatable bonds is 8. The highest BCUT2D eigenvalue weighted by atomic mass is 35.5. The van der Waals surface area contributed by atoms with E-state index in [1.165, 1.54) is 25.3 Å². The lowest BCUT2D eigenvalue weighted by Crippen LogP contribution is -2.23. The molecule has 2 rings (SSSR count). The van der Waals surface area contributed by atoms with Gasteiger partial charge in [0, 0.05) is 0 Å². The zero-order valence-corrected chi connectivity index (χ0v) is 16.7. The van der Waals surface area contributed by atoms with E-state index < -0.39 is 48.4 Å². The number of amides is 2. The number of carbonyl (C=O) groups excluding carboxylic acids is 3. The summed E-state index contributed by atoms with van der Waals surface area (Å²) in [7, 11) is 1.25. The van der Waals surface area contributed by atoms with Gasteiger partial charge in [0.1, 0.15) is 0 Å². The van der Waals surface area contributed by atoms with Crippen LogP contribution >= 0.6 is 11.6 Å². The summed E-state index contributed by atoms with van der Waals surface area (Å²) in [5.74, 6) is -2.80. The fraction of sp³-hybridized carbons (Fsp3) is 0.211. The van der Waals surface area contributed by atoms with E-state index in [4.69, 9.17) is 31.5 Å². The summed E-state index contributed by atoms with van der Waals surface area (Å²) in [6.07, 6.45) is -4.67. The number of anilines is 1. The van der Waals surface area contributed by atoms with Crippen LogP contribution < -0.4 is 20.5 Å². The average Bonchev–Trinajstić information content (AvgIpc) is 2.70. The summed E-state index contributed by atoms with van der Waals surface area (Å²) in [5, 5.41) is 1.94. The predicted octanol–water partition coefficient (Wildman–Crippen LogP) is 3.03. The van der Waals surface area contributed by atoms with Crippen molar-refractivity contribution < 1.29 is 41.8 Å². The molecule has 0 saturated carbocycles. The van der Waals surface area contributed by atoms with E-state index in [1.54, 1.807) is 0 Å². The minimum absolute atomic E-state index is 0.00995. The lowest BCUT2D eigenvalue weighted by molar-refractivity contribution is -0.137. The Kier molecular flexibility index (Phi) is 7.70. The Morgan fingerprint density at radius 2 is 1.81 bits per heavy atom. The highest BCUT2D eigenvalue weighted by molar-refractivity contribution is 6.32. The Morgan fingerprint density at radius 3 is 2.42 bits per heavy atom. The molecule has 0 spiro atoms. The number of hydrogen-bond acceptors (Lipinski definition) is 6. The molecule has 8 nitrogen and oxygen atoms in total. The molecule has 0 aromatic heterocycles. The first kappa shape index (κ1) is 23.8. The molecule has 166 valence electrons. The summed E-state index contributed by atoms with van der Waals surface area (Å²) >= 11 is 6.02. The Morgan fingerprint density at radius 1 is 1.13 bits per heavy atom. The van der Waals surface area contributed by atoms with Crippen molar-refractivity contribution in [2.45, 2.75) is 6.18 Å². The van der Waals surface area contributed by atoms with Gasteiger partial charge in [-0.1, -0.05) is 23.7 Å². The molecule has 12 heteroatoms. The van der Waals surface area contributed by atoms with Gasteiger partial charge in [-0.2, -0.15) is 13.2 Å². The van der Waals surface area contributed by atoms with Crippen molar-refractivity contribution in [3.05, 3.63) is 52.5 Å². The monoisotopic (exact) mass is 460 g/mol. The van der Waals surface area contributed by atoms with Gasteiger partial charge in [0.2, 0.25) is 0 Å². The summed E-state index contributed by atoms with van der Waals surface area (Å²) in [6.45, 7) is -1.34. The molecule has 0 aliphatic carbocycles. The Balaban J connectivity index is 2.07. The van der Waals surface area contributed by atoms with Gasteiger partial charge in [0.25, 0.3) is 11.8 Å². The number of primary amides is 1. The maximum Gasteiger partial charge on any atom is 0.418 e. The van der Waals surface area contributed by atoms with Crippen LogP contribution in [0, 0.1) is 0 Å². The molecular weight excluding hydrogens is 445 g/mol. The molecule has 0 atom stereocenters. The number of benzene rings is 2. The van der Waals surface area contributed by atoms with Crippen molar-refractivity contribution in [1.82, 2.24) is 0 Å². The molecule has 2 aromatic carbocycles. The highest BCUT2D eigenvalue weighted by Gasteiger charge is 2.33. The summed E-state index contributed by atoms with van der Waals surface area (Å²) in [5.41, 5.74) is 3.35. The van der Waals surface area contributed by atoms with Crippen LogP contribution in [-0.2, 0) is 20.5 Å². The molecule has 0 fully saturated rings. The van der Waals surface area contributed by atoms with Crippen molar-refractivity contribution in [3.8, 4) is 11.5 Å². The van der Waals surface area contributed by atoms with Crippen LogP contribution in [0.15, 0.2) is 36.4 Å². The largest absolute Gasteiger partial charge is 0.493 e. The van der Waals surface area contributed by atoms with Gasteiger partial charge in [-0.05, 0) is 24.3 Å². The second-order valence-corrected chi connectivity index (χ2v) is 6.32. The predicted molar refractivity (Wildman–Crippen MR) is 103 cm³/mol. The fourth-order valence-electron chi connectivity index (χ4n) is 2.36. The quantitative estimate of drug-likeness (QED) is 0.585. The molecule has 2 amide bonds. The first-order chi connectivity index (χ1) is 14.5. The number of para-hydroxylation sites is 1. The van der Waals surface area contributed by atoms with Crippen LogP contribution in [0.2, 0.25) is 5.02 Å². The lowest BCUT2D eigenvalue weighted by atomic mass is 10.1. The zero-order chi connectivity index (χ0) is 23.2. The maximum atomic E-state index is 13.0. The van der Waals surface area contributed by atoms with Gasteiger partial charge >= 0.3 is 12.1 Å². The normalized spacial score (nSPS) is 10.9. The van der Waals surface area contributed by atoms with Crippen LogP contribution in [0.1, 0.15) is 15.9 Å². The van der Waals surface area contributed by atoms with E-state index in [2.05, 4.69) is 0 Å². The number of methoxy groups -OCH3 is 1. The van der Waals surface area contributed by atoms with E-state index in [-0.39, 0.29) is 22.1 Å². The van der Waals surface area contributed by atoms with Crippen LogP contribution in [0.4, 0.5) is 18.9 Å². The van der Waals surface area contributed by atoms with E-state index in [0.29, 0.717) is 0 Å². The van der Waals surface area contributed by atoms with Crippen LogP contribution in [-0.4, -0.2) is 38.1 Å². The SMILES string of the molecule is COc1cc(C(=O)OCC(=O)Nc2ccccc2C(F)(F)F)cc(Cl)c1OCC(N)=O. The number of halogens is 4. The number of hydrogen-bond donors (Lipinski definition) is 2. The van der Waals surface area contributed by atoms with Gasteiger partial charge in [0.05, 0.1) is 28.9 Å². The zero-order valence-electron chi connectivity index (χ0n) is 15.9. The Bertz CT molecular complexity index is 997. The minimum atomic E-state index is -4.67. The van der Waals surface area contributed by atoms with Gasteiger partial charge in [-0.3, -0.25) is 9.59 Å². The number of nitrogens with one attached hydrogen (secondary N) is 1. The topological polar surface area (TPSA) is 117 Å². The van der Waals surface area contributed by atoms with E-state index in [9.17, 15) is 27.6 Å². The van der Waals surface area contributed by atoms with Crippen LogP contribution in [0.5, 0.6) is 11.5 Å². The first-order valence-electron chi connectivity index (χ1n) is 8.44. The average molecular weight is 461 g/mol. The summed E-state index contributed by atoms with van der Waals surface area (Å²) in [6, 6.07) is 6.68. The first-order valence-corrected chi connectivity index (χ1v) is 8.82. The second-order valence-electron chi connectivity index (χ2n) is 5.91. The molecule has 31 heavy (non-hydrogen) atoms. The molecule has 2 aromatic rings. The molecule has 0 radical (unpaired) electrons. The second kappa shape index (κ2) is 10.0. The lowest BCUT2D eigenvalue weighted by Gasteiger charge is -2.14. The molecule has 0 unspecified atom stereocenters. The van der Waals surface area contributed by atoms with Gasteiger partial charge < -0.3 is 25.3 Å². The number of esters is 1. The van der Waals surface area contributed by atoms with Crippen molar-refractivity contribution >= 4 is 35.1 Å². The maximum absolute atomic E-state index is 13.0. The van der Waals surface area contributed by atoms with Crippen molar-refractivity contribution in [2.24, 2.45) is 5.73 Å². The van der Waals surface area contributed by atoms with Crippen molar-refractivity contribution in [2.75, 3.05) is 25.6 Å². The highest BCUT2D eigenvalue weighted by Crippen LogP contribution is 2.37. The molecule has 0 heterocycles. The summed E-state index contributed by atoms with van der Waals surface area (Å²) < 4.78 is 53.9. The molecule has 0 aliphatic rings. The smallest absolute Gasteiger partial charge is 0.418 e. The third kappa shape index (κ3) is 6.51. The number of ether oxygens (including phenoxy) is 3.